The lowest BCUT2D eigenvalue weighted by molar-refractivity contribution is -0.152. The van der Waals surface area contributed by atoms with Crippen LogP contribution in [0.4, 0.5) is 0 Å². The second kappa shape index (κ2) is 11.1. The molecule has 0 aromatic carbocycles. The van der Waals surface area contributed by atoms with E-state index in [0.717, 1.165) is 0 Å². The quantitative estimate of drug-likeness (QED) is 0.257. The Bertz CT molecular complexity index is 921. The molecule has 2 fully saturated rings. The van der Waals surface area contributed by atoms with E-state index in [0.29, 0.717) is 37.9 Å². The first-order valence-corrected chi connectivity index (χ1v) is 11.3. The molecule has 2 aliphatic heterocycles. The molecule has 186 valence electrons. The predicted molar refractivity (Wildman–Crippen MR) is 118 cm³/mol. The molecule has 0 bridgehead atoms. The minimum absolute atomic E-state index is 0.0461. The number of hydrogen-bond donors (Lipinski definition) is 5. The Kier molecular flexibility index (Phi) is 8.21. The monoisotopic (exact) mass is 477 g/mol. The van der Waals surface area contributed by atoms with Gasteiger partial charge in [0.1, 0.15) is 18.1 Å². The van der Waals surface area contributed by atoms with E-state index in [4.69, 9.17) is 11.5 Å². The summed E-state index contributed by atoms with van der Waals surface area (Å²) in [6.45, 7) is 0.600. The van der Waals surface area contributed by atoms with Gasteiger partial charge in [-0.2, -0.15) is 0 Å². The lowest BCUT2D eigenvalue weighted by Crippen LogP contribution is -2.57. The second-order valence-electron chi connectivity index (χ2n) is 8.67. The minimum Gasteiger partial charge on any atom is -0.480 e. The fourth-order valence-electron chi connectivity index (χ4n) is 4.51. The maximum Gasteiger partial charge on any atom is 0.326 e. The maximum absolute atomic E-state index is 13.4. The number of nitrogens with one attached hydrogen (secondary N) is 2. The predicted octanol–water partition coefficient (Wildman–Crippen LogP) is -1.90. The number of aliphatic carboxylic acids is 1. The van der Waals surface area contributed by atoms with E-state index in [1.165, 1.54) is 22.3 Å². The van der Waals surface area contributed by atoms with Crippen molar-refractivity contribution in [3.63, 3.8) is 0 Å². The van der Waals surface area contributed by atoms with E-state index in [2.05, 4.69) is 15.3 Å². The van der Waals surface area contributed by atoms with Gasteiger partial charge in [0, 0.05) is 37.8 Å². The molecule has 2 aliphatic rings. The highest BCUT2D eigenvalue weighted by molar-refractivity contribution is 5.95. The van der Waals surface area contributed by atoms with E-state index in [-0.39, 0.29) is 25.8 Å². The highest BCUT2D eigenvalue weighted by Gasteiger charge is 2.43. The Morgan fingerprint density at radius 1 is 1.15 bits per heavy atom. The number of carboxylic acid groups (broad SMARTS) is 1. The van der Waals surface area contributed by atoms with Crippen LogP contribution < -0.4 is 16.8 Å². The number of likely N-dealkylation sites (tertiary alicyclic amines) is 2. The van der Waals surface area contributed by atoms with Crippen LogP contribution in [0.2, 0.25) is 0 Å². The van der Waals surface area contributed by atoms with Crippen LogP contribution >= 0.6 is 0 Å². The van der Waals surface area contributed by atoms with Crippen LogP contribution in [0.15, 0.2) is 12.5 Å². The van der Waals surface area contributed by atoms with Crippen molar-refractivity contribution in [1.82, 2.24) is 25.1 Å². The van der Waals surface area contributed by atoms with Crippen molar-refractivity contribution in [2.24, 2.45) is 11.5 Å². The molecular weight excluding hydrogens is 446 g/mol. The first-order chi connectivity index (χ1) is 16.2. The van der Waals surface area contributed by atoms with Crippen LogP contribution in [0, 0.1) is 0 Å². The number of amides is 4. The van der Waals surface area contributed by atoms with Gasteiger partial charge in [-0.1, -0.05) is 0 Å². The third-order valence-corrected chi connectivity index (χ3v) is 6.27. The Labute approximate surface area is 196 Å². The average molecular weight is 478 g/mol. The third kappa shape index (κ3) is 5.90. The summed E-state index contributed by atoms with van der Waals surface area (Å²) in [7, 11) is 0. The summed E-state index contributed by atoms with van der Waals surface area (Å²) in [5, 5.41) is 12.0. The summed E-state index contributed by atoms with van der Waals surface area (Å²) in [5.41, 5.74) is 11.9. The molecule has 0 aliphatic carbocycles. The first-order valence-electron chi connectivity index (χ1n) is 11.3. The van der Waals surface area contributed by atoms with E-state index >= 15 is 0 Å². The molecule has 4 unspecified atom stereocenters. The molecule has 3 heterocycles. The maximum atomic E-state index is 13.4. The van der Waals surface area contributed by atoms with Crippen molar-refractivity contribution >= 4 is 29.6 Å². The molecule has 0 spiro atoms. The summed E-state index contributed by atoms with van der Waals surface area (Å²) in [5.74, 6) is -3.23. The van der Waals surface area contributed by atoms with Crippen LogP contribution in [-0.2, 0) is 30.4 Å². The fraction of sp³-hybridized carbons (Fsp3) is 0.619. The summed E-state index contributed by atoms with van der Waals surface area (Å²) in [6, 6.07) is -3.80. The van der Waals surface area contributed by atoms with Crippen molar-refractivity contribution in [2.45, 2.75) is 69.1 Å². The Balaban J connectivity index is 1.71. The molecule has 1 aromatic heterocycles. The highest BCUT2D eigenvalue weighted by atomic mass is 16.4. The van der Waals surface area contributed by atoms with Gasteiger partial charge in [-0.15, -0.1) is 0 Å². The number of carbonyl (C=O) groups is 5. The van der Waals surface area contributed by atoms with Gasteiger partial charge in [0.15, 0.2) is 0 Å². The smallest absolute Gasteiger partial charge is 0.326 e. The van der Waals surface area contributed by atoms with Crippen LogP contribution in [0.5, 0.6) is 0 Å². The van der Waals surface area contributed by atoms with E-state index in [9.17, 15) is 29.1 Å². The summed E-state index contributed by atoms with van der Waals surface area (Å²) >= 11 is 0. The van der Waals surface area contributed by atoms with Gasteiger partial charge in [0.25, 0.3) is 0 Å². The lowest BCUT2D eigenvalue weighted by Gasteiger charge is -2.32. The fourth-order valence-corrected chi connectivity index (χ4v) is 4.51. The molecular formula is C21H31N7O6. The molecule has 4 atom stereocenters. The second-order valence-corrected chi connectivity index (χ2v) is 8.67. The molecule has 0 radical (unpaired) electrons. The average Bonchev–Trinajstić information content (AvgIpc) is 3.56. The van der Waals surface area contributed by atoms with Gasteiger partial charge in [-0.3, -0.25) is 19.2 Å². The van der Waals surface area contributed by atoms with Gasteiger partial charge in [0.05, 0.1) is 12.4 Å². The zero-order valence-electron chi connectivity index (χ0n) is 18.8. The van der Waals surface area contributed by atoms with E-state index in [1.54, 1.807) is 0 Å². The largest absolute Gasteiger partial charge is 0.480 e. The van der Waals surface area contributed by atoms with Crippen molar-refractivity contribution in [3.05, 3.63) is 18.2 Å². The van der Waals surface area contributed by atoms with Gasteiger partial charge < -0.3 is 36.7 Å². The van der Waals surface area contributed by atoms with Crippen LogP contribution in [0.25, 0.3) is 0 Å². The van der Waals surface area contributed by atoms with Crippen LogP contribution in [0.1, 0.15) is 44.2 Å². The third-order valence-electron chi connectivity index (χ3n) is 6.27. The molecule has 3 rings (SSSR count). The molecule has 13 nitrogen and oxygen atoms in total. The summed E-state index contributed by atoms with van der Waals surface area (Å²) < 4.78 is 0. The molecule has 7 N–H and O–H groups in total. The molecule has 1 aromatic rings. The normalized spacial score (nSPS) is 21.8. The number of rotatable bonds is 10. The summed E-state index contributed by atoms with van der Waals surface area (Å²) in [4.78, 5) is 71.5. The number of nitrogens with zero attached hydrogens (tertiary/aromatic N) is 3. The number of carboxylic acids is 1. The zero-order chi connectivity index (χ0) is 24.8. The van der Waals surface area contributed by atoms with Gasteiger partial charge >= 0.3 is 5.97 Å². The molecule has 34 heavy (non-hydrogen) atoms. The Hall–Kier alpha value is -3.48. The Morgan fingerprint density at radius 2 is 1.82 bits per heavy atom. The SMILES string of the molecule is NC(=O)CCC(NC(=O)C(N)Cc1cnc[nH]1)C(=O)N1CCCC1C(=O)N1CCCC1C(=O)O. The first kappa shape index (κ1) is 25.1. The van der Waals surface area contributed by atoms with Crippen molar-refractivity contribution < 1.29 is 29.1 Å². The van der Waals surface area contributed by atoms with E-state index < -0.39 is 53.8 Å². The zero-order valence-corrected chi connectivity index (χ0v) is 18.8. The standard InChI is InChI=1S/C21H31N7O6/c22-13(9-12-10-24-11-25-12)18(30)26-14(5-6-17(23)29)19(31)27-7-1-3-15(27)20(32)28-8-2-4-16(28)21(33)34/h10-11,13-16H,1-9,22H2,(H2,23,29)(H,24,25)(H,26,30)(H,33,34). The van der Waals surface area contributed by atoms with Crippen molar-refractivity contribution in [2.75, 3.05) is 13.1 Å². The number of imidazole rings is 1. The number of nitrogens with two attached hydrogens (primary N) is 2. The highest BCUT2D eigenvalue weighted by Crippen LogP contribution is 2.26. The number of carbonyl (C=O) groups excluding carboxylic acids is 4. The number of hydrogen-bond acceptors (Lipinski definition) is 7. The summed E-state index contributed by atoms with van der Waals surface area (Å²) in [6.07, 6.45) is 4.86. The molecule has 2 saturated heterocycles. The molecule has 13 heteroatoms. The van der Waals surface area contributed by atoms with Gasteiger partial charge in [-0.05, 0) is 32.1 Å². The van der Waals surface area contributed by atoms with Gasteiger partial charge in [0.2, 0.25) is 23.6 Å². The van der Waals surface area contributed by atoms with Crippen LogP contribution in [-0.4, -0.2) is 91.7 Å². The number of primary amides is 1. The Morgan fingerprint density at radius 3 is 2.44 bits per heavy atom. The number of aromatic amines is 1. The topological polar surface area (TPSA) is 205 Å². The van der Waals surface area contributed by atoms with Gasteiger partial charge in [-0.25, -0.2) is 9.78 Å². The minimum atomic E-state index is -1.10. The molecule has 0 saturated carbocycles. The number of aromatic nitrogens is 2. The van der Waals surface area contributed by atoms with Crippen molar-refractivity contribution in [3.8, 4) is 0 Å². The number of H-pyrrole nitrogens is 1. The van der Waals surface area contributed by atoms with E-state index in [1.807, 2.05) is 0 Å². The molecule has 4 amide bonds. The lowest BCUT2D eigenvalue weighted by atomic mass is 10.1. The van der Waals surface area contributed by atoms with Crippen LogP contribution in [0.3, 0.4) is 0 Å². The van der Waals surface area contributed by atoms with Crippen molar-refractivity contribution in [1.29, 1.82) is 0 Å².